The second-order valence-corrected chi connectivity index (χ2v) is 4.48. The fraction of sp³-hybridized carbons (Fsp3) is 0.133. The number of benzene rings is 2. The highest BCUT2D eigenvalue weighted by Crippen LogP contribution is 2.24. The van der Waals surface area contributed by atoms with Gasteiger partial charge in [0.25, 0.3) is 0 Å². The van der Waals surface area contributed by atoms with Gasteiger partial charge in [0.1, 0.15) is 23.7 Å². The summed E-state index contributed by atoms with van der Waals surface area (Å²) >= 11 is 5.85. The first-order valence-corrected chi connectivity index (χ1v) is 6.23. The first kappa shape index (κ1) is 14.3. The van der Waals surface area contributed by atoms with Crippen LogP contribution in [0, 0.1) is 5.82 Å². The molecule has 20 heavy (non-hydrogen) atoms. The van der Waals surface area contributed by atoms with Crippen molar-refractivity contribution >= 4 is 17.6 Å². The highest BCUT2D eigenvalue weighted by Gasteiger charge is 2.13. The Hall–Kier alpha value is -2.07. The van der Waals surface area contributed by atoms with Gasteiger partial charge in [0, 0.05) is 5.02 Å². The minimum absolute atomic E-state index is 0.214. The first-order valence-electron chi connectivity index (χ1n) is 5.85. The third kappa shape index (κ3) is 3.48. The first-order chi connectivity index (χ1) is 9.60. The maximum absolute atomic E-state index is 12.8. The minimum atomic E-state index is -0.526. The zero-order valence-corrected chi connectivity index (χ0v) is 11.5. The van der Waals surface area contributed by atoms with Gasteiger partial charge in [-0.15, -0.1) is 0 Å². The third-order valence-electron chi connectivity index (χ3n) is 2.65. The van der Waals surface area contributed by atoms with Crippen molar-refractivity contribution in [1.29, 1.82) is 0 Å². The molecule has 0 aromatic heterocycles. The number of ether oxygens (including phenoxy) is 2. The zero-order chi connectivity index (χ0) is 14.5. The average Bonchev–Trinajstić information content (AvgIpc) is 2.46. The number of halogens is 2. The van der Waals surface area contributed by atoms with E-state index in [9.17, 15) is 9.18 Å². The van der Waals surface area contributed by atoms with E-state index in [0.29, 0.717) is 10.8 Å². The number of hydrogen-bond acceptors (Lipinski definition) is 3. The molecule has 0 aliphatic heterocycles. The number of rotatable bonds is 4. The summed E-state index contributed by atoms with van der Waals surface area (Å²) in [6, 6.07) is 10.6. The van der Waals surface area contributed by atoms with Gasteiger partial charge in [-0.25, -0.2) is 9.18 Å². The van der Waals surface area contributed by atoms with E-state index >= 15 is 0 Å². The van der Waals surface area contributed by atoms with Crippen LogP contribution in [0.2, 0.25) is 5.02 Å². The molecule has 0 bridgehead atoms. The molecule has 0 spiro atoms. The van der Waals surface area contributed by atoms with Crippen LogP contribution in [0.25, 0.3) is 0 Å². The lowest BCUT2D eigenvalue weighted by Crippen LogP contribution is -2.06. The molecular weight excluding hydrogens is 283 g/mol. The van der Waals surface area contributed by atoms with Crippen molar-refractivity contribution in [3.05, 3.63) is 64.4 Å². The molecule has 0 saturated carbocycles. The summed E-state index contributed by atoms with van der Waals surface area (Å²) < 4.78 is 23.0. The van der Waals surface area contributed by atoms with Gasteiger partial charge in [0.05, 0.1) is 7.11 Å². The van der Waals surface area contributed by atoms with E-state index in [1.807, 2.05) is 0 Å². The quantitative estimate of drug-likeness (QED) is 0.804. The minimum Gasteiger partial charge on any atom is -0.488 e. The summed E-state index contributed by atoms with van der Waals surface area (Å²) in [7, 11) is 1.28. The molecule has 3 nitrogen and oxygen atoms in total. The third-order valence-corrected chi connectivity index (χ3v) is 2.89. The summed E-state index contributed by atoms with van der Waals surface area (Å²) in [5, 5.41) is 0.416. The van der Waals surface area contributed by atoms with Crippen LogP contribution >= 0.6 is 11.6 Å². The van der Waals surface area contributed by atoms with Crippen molar-refractivity contribution in [2.24, 2.45) is 0 Å². The Balaban J connectivity index is 2.16. The maximum atomic E-state index is 12.8. The van der Waals surface area contributed by atoms with E-state index in [-0.39, 0.29) is 18.0 Å². The predicted octanol–water partition coefficient (Wildman–Crippen LogP) is 3.84. The topological polar surface area (TPSA) is 35.5 Å². The van der Waals surface area contributed by atoms with Crippen LogP contribution in [0.5, 0.6) is 5.75 Å². The molecule has 2 rings (SSSR count). The summed E-state index contributed by atoms with van der Waals surface area (Å²) in [4.78, 5) is 11.6. The monoisotopic (exact) mass is 294 g/mol. The fourth-order valence-corrected chi connectivity index (χ4v) is 1.81. The largest absolute Gasteiger partial charge is 0.488 e. The van der Waals surface area contributed by atoms with E-state index in [1.54, 1.807) is 24.3 Å². The molecule has 0 radical (unpaired) electrons. The second kappa shape index (κ2) is 6.39. The molecule has 0 unspecified atom stereocenters. The van der Waals surface area contributed by atoms with Crippen molar-refractivity contribution in [2.45, 2.75) is 6.61 Å². The molecule has 0 aliphatic rings. The Kier molecular flexibility index (Phi) is 4.58. The number of carbonyl (C=O) groups is 1. The van der Waals surface area contributed by atoms with Crippen LogP contribution < -0.4 is 4.74 Å². The highest BCUT2D eigenvalue weighted by atomic mass is 35.5. The number of methoxy groups -OCH3 is 1. The van der Waals surface area contributed by atoms with Gasteiger partial charge in [-0.3, -0.25) is 0 Å². The lowest BCUT2D eigenvalue weighted by molar-refractivity contribution is 0.0595. The summed E-state index contributed by atoms with van der Waals surface area (Å²) in [6.07, 6.45) is 0. The van der Waals surface area contributed by atoms with Gasteiger partial charge in [0.2, 0.25) is 0 Å². The van der Waals surface area contributed by atoms with Gasteiger partial charge in [-0.05, 0) is 35.9 Å². The van der Waals surface area contributed by atoms with Crippen molar-refractivity contribution < 1.29 is 18.7 Å². The van der Waals surface area contributed by atoms with Gasteiger partial charge in [-0.1, -0.05) is 23.7 Å². The Morgan fingerprint density at radius 2 is 1.90 bits per heavy atom. The Morgan fingerprint density at radius 3 is 2.55 bits per heavy atom. The number of hydrogen-bond donors (Lipinski definition) is 0. The Bertz CT molecular complexity index is 611. The van der Waals surface area contributed by atoms with E-state index in [2.05, 4.69) is 4.74 Å². The SMILES string of the molecule is COC(=O)c1cc(Cl)ccc1OCc1ccc(F)cc1. The normalized spacial score (nSPS) is 10.2. The second-order valence-electron chi connectivity index (χ2n) is 4.05. The van der Waals surface area contributed by atoms with Crippen molar-refractivity contribution in [2.75, 3.05) is 7.11 Å². The molecule has 0 amide bonds. The van der Waals surface area contributed by atoms with Gasteiger partial charge in [-0.2, -0.15) is 0 Å². The molecule has 0 saturated heterocycles. The summed E-state index contributed by atoms with van der Waals surface area (Å²) in [6.45, 7) is 0.214. The molecule has 2 aromatic rings. The molecular formula is C15H12ClFO3. The molecule has 5 heteroatoms. The van der Waals surface area contributed by atoms with E-state index < -0.39 is 5.97 Å². The molecule has 104 valence electrons. The zero-order valence-electron chi connectivity index (χ0n) is 10.7. The molecule has 0 heterocycles. The standard InChI is InChI=1S/C15H12ClFO3/c1-19-15(18)13-8-11(16)4-7-14(13)20-9-10-2-5-12(17)6-3-10/h2-8H,9H2,1H3. The molecule has 0 atom stereocenters. The van der Waals surface area contributed by atoms with E-state index in [4.69, 9.17) is 16.3 Å². The Labute approximate surface area is 120 Å². The number of esters is 1. The molecule has 0 N–H and O–H groups in total. The summed E-state index contributed by atoms with van der Waals surface area (Å²) in [5.41, 5.74) is 1.04. The van der Waals surface area contributed by atoms with Crippen molar-refractivity contribution in [3.8, 4) is 5.75 Å². The molecule has 2 aromatic carbocycles. The van der Waals surface area contributed by atoms with Crippen LogP contribution in [-0.2, 0) is 11.3 Å². The van der Waals surface area contributed by atoms with Gasteiger partial charge in [0.15, 0.2) is 0 Å². The van der Waals surface area contributed by atoms with Crippen molar-refractivity contribution in [1.82, 2.24) is 0 Å². The van der Waals surface area contributed by atoms with Crippen LogP contribution in [0.4, 0.5) is 4.39 Å². The predicted molar refractivity (Wildman–Crippen MR) is 73.5 cm³/mol. The van der Waals surface area contributed by atoms with E-state index in [1.165, 1.54) is 25.3 Å². The maximum Gasteiger partial charge on any atom is 0.341 e. The molecule has 0 aliphatic carbocycles. The van der Waals surface area contributed by atoms with Crippen molar-refractivity contribution in [3.63, 3.8) is 0 Å². The average molecular weight is 295 g/mol. The fourth-order valence-electron chi connectivity index (χ4n) is 1.64. The van der Waals surface area contributed by atoms with Gasteiger partial charge >= 0.3 is 5.97 Å². The van der Waals surface area contributed by atoms with Crippen LogP contribution in [0.1, 0.15) is 15.9 Å². The van der Waals surface area contributed by atoms with Crippen LogP contribution in [-0.4, -0.2) is 13.1 Å². The smallest absolute Gasteiger partial charge is 0.341 e. The van der Waals surface area contributed by atoms with E-state index in [0.717, 1.165) is 5.56 Å². The summed E-state index contributed by atoms with van der Waals surface area (Å²) in [5.74, 6) is -0.470. The lowest BCUT2D eigenvalue weighted by atomic mass is 10.2. The Morgan fingerprint density at radius 1 is 1.20 bits per heavy atom. The molecule has 0 fully saturated rings. The van der Waals surface area contributed by atoms with Crippen LogP contribution in [0.3, 0.4) is 0 Å². The van der Waals surface area contributed by atoms with Gasteiger partial charge < -0.3 is 9.47 Å². The van der Waals surface area contributed by atoms with Crippen LogP contribution in [0.15, 0.2) is 42.5 Å². The lowest BCUT2D eigenvalue weighted by Gasteiger charge is -2.10. The highest BCUT2D eigenvalue weighted by molar-refractivity contribution is 6.31. The number of carbonyl (C=O) groups excluding carboxylic acids is 1.